The van der Waals surface area contributed by atoms with Crippen LogP contribution in [0, 0.1) is 25.7 Å². The van der Waals surface area contributed by atoms with Crippen LogP contribution in [-0.2, 0) is 5.41 Å². The highest BCUT2D eigenvalue weighted by atomic mass is 15.0. The Kier molecular flexibility index (Phi) is 3.86. The lowest BCUT2D eigenvalue weighted by atomic mass is 9.85. The lowest BCUT2D eigenvalue weighted by Crippen LogP contribution is -2.14. The Morgan fingerprint density at radius 1 is 1.00 bits per heavy atom. The van der Waals surface area contributed by atoms with Crippen LogP contribution in [0.25, 0.3) is 0 Å². The van der Waals surface area contributed by atoms with Gasteiger partial charge >= 0.3 is 0 Å². The largest absolute Gasteiger partial charge is 0.382 e. The molecule has 0 bridgehead atoms. The summed E-state index contributed by atoms with van der Waals surface area (Å²) in [6.45, 7) is 8.05. The van der Waals surface area contributed by atoms with E-state index in [2.05, 4.69) is 66.8 Å². The van der Waals surface area contributed by atoms with E-state index < -0.39 is 0 Å². The van der Waals surface area contributed by atoms with Gasteiger partial charge in [-0.25, -0.2) is 4.98 Å². The molecule has 1 heterocycles. The van der Waals surface area contributed by atoms with Gasteiger partial charge in [-0.1, -0.05) is 41.7 Å². The van der Waals surface area contributed by atoms with Gasteiger partial charge in [0.2, 0.25) is 5.95 Å². The number of nitrogens with two attached hydrogens (primary N) is 2. The standard InChI is InChI=1S/C17H20N4/c1-11-5-7-13(8-6-11)17(3,4)10-9-14-12(2)20-16(19)21-15(14)18/h5-8H,1-4H3,(H4,18,19,20,21). The number of nitrogen functional groups attached to an aromatic ring is 2. The fraction of sp³-hybridized carbons (Fsp3) is 0.294. The molecule has 0 saturated carbocycles. The molecule has 1 aromatic heterocycles. The molecule has 0 aliphatic carbocycles. The van der Waals surface area contributed by atoms with Crippen LogP contribution < -0.4 is 11.5 Å². The van der Waals surface area contributed by atoms with Crippen LogP contribution in [0.5, 0.6) is 0 Å². The van der Waals surface area contributed by atoms with Gasteiger partial charge in [0.1, 0.15) is 5.82 Å². The highest BCUT2D eigenvalue weighted by Gasteiger charge is 2.17. The van der Waals surface area contributed by atoms with Crippen molar-refractivity contribution in [1.82, 2.24) is 9.97 Å². The van der Waals surface area contributed by atoms with Crippen molar-refractivity contribution in [1.29, 1.82) is 0 Å². The molecule has 1 aromatic carbocycles. The Labute approximate surface area is 125 Å². The van der Waals surface area contributed by atoms with Gasteiger partial charge in [0, 0.05) is 0 Å². The molecule has 0 unspecified atom stereocenters. The van der Waals surface area contributed by atoms with Crippen molar-refractivity contribution in [2.75, 3.05) is 11.5 Å². The van der Waals surface area contributed by atoms with Crippen molar-refractivity contribution in [2.24, 2.45) is 0 Å². The highest BCUT2D eigenvalue weighted by molar-refractivity contribution is 5.56. The lowest BCUT2D eigenvalue weighted by Gasteiger charge is -2.18. The van der Waals surface area contributed by atoms with E-state index in [1.807, 2.05) is 6.92 Å². The van der Waals surface area contributed by atoms with Crippen molar-refractivity contribution < 1.29 is 0 Å². The number of hydrogen-bond acceptors (Lipinski definition) is 4. The van der Waals surface area contributed by atoms with Gasteiger partial charge in [-0.05, 0) is 33.3 Å². The van der Waals surface area contributed by atoms with Crippen molar-refractivity contribution in [2.45, 2.75) is 33.1 Å². The predicted octanol–water partition coefficient (Wildman–Crippen LogP) is 2.59. The third-order valence-corrected chi connectivity index (χ3v) is 3.41. The molecule has 0 atom stereocenters. The number of rotatable bonds is 1. The Hall–Kier alpha value is -2.54. The molecule has 0 radical (unpaired) electrons. The SMILES string of the molecule is Cc1ccc(C(C)(C)C#Cc2c(C)nc(N)nc2N)cc1. The van der Waals surface area contributed by atoms with E-state index in [-0.39, 0.29) is 11.4 Å². The highest BCUT2D eigenvalue weighted by Crippen LogP contribution is 2.23. The molecule has 0 saturated heterocycles. The second kappa shape index (κ2) is 5.45. The topological polar surface area (TPSA) is 77.8 Å². The molecule has 0 aliphatic heterocycles. The van der Waals surface area contributed by atoms with Gasteiger partial charge in [0.15, 0.2) is 0 Å². The maximum absolute atomic E-state index is 5.88. The smallest absolute Gasteiger partial charge is 0.222 e. The van der Waals surface area contributed by atoms with Crippen LogP contribution in [0.4, 0.5) is 11.8 Å². The lowest BCUT2D eigenvalue weighted by molar-refractivity contribution is 0.698. The summed E-state index contributed by atoms with van der Waals surface area (Å²) in [4.78, 5) is 8.06. The number of benzene rings is 1. The first-order valence-corrected chi connectivity index (χ1v) is 6.79. The minimum absolute atomic E-state index is 0.174. The van der Waals surface area contributed by atoms with Gasteiger partial charge in [-0.15, -0.1) is 0 Å². The molecule has 0 fully saturated rings. The van der Waals surface area contributed by atoms with E-state index in [9.17, 15) is 0 Å². The number of aryl methyl sites for hydroxylation is 2. The van der Waals surface area contributed by atoms with Crippen LogP contribution in [0.3, 0.4) is 0 Å². The molecule has 0 spiro atoms. The first-order chi connectivity index (χ1) is 9.79. The zero-order chi connectivity index (χ0) is 15.6. The summed E-state index contributed by atoms with van der Waals surface area (Å²) in [5.74, 6) is 6.87. The van der Waals surface area contributed by atoms with Gasteiger partial charge in [0.25, 0.3) is 0 Å². The Morgan fingerprint density at radius 3 is 2.19 bits per heavy atom. The summed E-state index contributed by atoms with van der Waals surface area (Å²) in [6.07, 6.45) is 0. The van der Waals surface area contributed by atoms with Crippen LogP contribution in [0.15, 0.2) is 24.3 Å². The molecule has 21 heavy (non-hydrogen) atoms. The minimum atomic E-state index is -0.284. The summed E-state index contributed by atoms with van der Waals surface area (Å²) in [7, 11) is 0. The third kappa shape index (κ3) is 3.32. The quantitative estimate of drug-likeness (QED) is 0.787. The molecule has 4 nitrogen and oxygen atoms in total. The molecule has 4 heteroatoms. The van der Waals surface area contributed by atoms with E-state index in [1.54, 1.807) is 0 Å². The van der Waals surface area contributed by atoms with Crippen LogP contribution in [0.2, 0.25) is 0 Å². The first-order valence-electron chi connectivity index (χ1n) is 6.79. The van der Waals surface area contributed by atoms with Crippen molar-refractivity contribution >= 4 is 11.8 Å². The van der Waals surface area contributed by atoms with Crippen molar-refractivity contribution in [3.05, 3.63) is 46.6 Å². The minimum Gasteiger partial charge on any atom is -0.382 e. The maximum atomic E-state index is 5.88. The number of nitrogens with zero attached hydrogens (tertiary/aromatic N) is 2. The van der Waals surface area contributed by atoms with Gasteiger partial charge in [-0.3, -0.25) is 0 Å². The third-order valence-electron chi connectivity index (χ3n) is 3.41. The van der Waals surface area contributed by atoms with E-state index in [0.717, 1.165) is 5.56 Å². The second-order valence-electron chi connectivity index (χ2n) is 5.67. The Balaban J connectivity index is 2.40. The van der Waals surface area contributed by atoms with E-state index >= 15 is 0 Å². The first kappa shape index (κ1) is 14.9. The van der Waals surface area contributed by atoms with Gasteiger partial charge in [-0.2, -0.15) is 4.98 Å². The van der Waals surface area contributed by atoms with Crippen LogP contribution in [0.1, 0.15) is 36.2 Å². The van der Waals surface area contributed by atoms with Crippen molar-refractivity contribution in [3.8, 4) is 11.8 Å². The number of hydrogen-bond donors (Lipinski definition) is 2. The van der Waals surface area contributed by atoms with Gasteiger partial charge in [0.05, 0.1) is 16.7 Å². The fourth-order valence-corrected chi connectivity index (χ4v) is 2.03. The zero-order valence-electron chi connectivity index (χ0n) is 12.9. The average molecular weight is 280 g/mol. The van der Waals surface area contributed by atoms with E-state index in [4.69, 9.17) is 11.5 Å². The van der Waals surface area contributed by atoms with Crippen LogP contribution in [-0.4, -0.2) is 9.97 Å². The molecule has 0 amide bonds. The zero-order valence-corrected chi connectivity index (χ0v) is 12.9. The van der Waals surface area contributed by atoms with E-state index in [0.29, 0.717) is 17.1 Å². The Bertz CT molecular complexity index is 696. The average Bonchev–Trinajstić information content (AvgIpc) is 2.37. The molecule has 108 valence electrons. The summed E-state index contributed by atoms with van der Waals surface area (Å²) in [5, 5.41) is 0. The molecular weight excluding hydrogens is 260 g/mol. The second-order valence-corrected chi connectivity index (χ2v) is 5.67. The molecule has 0 aliphatic rings. The summed E-state index contributed by atoms with van der Waals surface area (Å²) >= 11 is 0. The van der Waals surface area contributed by atoms with Crippen molar-refractivity contribution in [3.63, 3.8) is 0 Å². The monoisotopic (exact) mass is 280 g/mol. The number of anilines is 2. The molecule has 4 N–H and O–H groups in total. The number of aromatic nitrogens is 2. The molecule has 2 rings (SSSR count). The predicted molar refractivity (Wildman–Crippen MR) is 86.7 cm³/mol. The Morgan fingerprint density at radius 2 is 1.62 bits per heavy atom. The van der Waals surface area contributed by atoms with Crippen LogP contribution >= 0.6 is 0 Å². The summed E-state index contributed by atoms with van der Waals surface area (Å²) in [5.41, 5.74) is 14.9. The normalized spacial score (nSPS) is 10.9. The van der Waals surface area contributed by atoms with E-state index in [1.165, 1.54) is 5.56 Å². The maximum Gasteiger partial charge on any atom is 0.222 e. The molecule has 2 aromatic rings. The fourth-order valence-electron chi connectivity index (χ4n) is 2.03. The summed E-state index contributed by atoms with van der Waals surface area (Å²) < 4.78 is 0. The molecular formula is C17H20N4. The summed E-state index contributed by atoms with van der Waals surface area (Å²) in [6, 6.07) is 8.37. The van der Waals surface area contributed by atoms with Gasteiger partial charge < -0.3 is 11.5 Å².